The molecule has 1 aromatic heterocycles. The fourth-order valence-corrected chi connectivity index (χ4v) is 6.41. The summed E-state index contributed by atoms with van der Waals surface area (Å²) in [5, 5.41) is 9.48. The highest BCUT2D eigenvalue weighted by molar-refractivity contribution is 5.90. The molecule has 37 heavy (non-hydrogen) atoms. The lowest BCUT2D eigenvalue weighted by molar-refractivity contribution is -0.143. The molecule has 1 amide bonds. The second-order valence-corrected chi connectivity index (χ2v) is 11.0. The number of rotatable bonds is 6. The zero-order valence-electron chi connectivity index (χ0n) is 22.8. The van der Waals surface area contributed by atoms with E-state index in [-0.39, 0.29) is 30.2 Å². The summed E-state index contributed by atoms with van der Waals surface area (Å²) in [6.07, 6.45) is 11.9. The number of fused-ring (bicyclic) bond motifs is 3. The molecule has 1 N–H and O–H groups in total. The molecular formula is C29H43N3O5. The minimum absolute atomic E-state index is 0.131. The number of aromatic nitrogens is 2. The van der Waals surface area contributed by atoms with Crippen molar-refractivity contribution >= 4 is 29.1 Å². The topological polar surface area (TPSA) is 93.9 Å². The van der Waals surface area contributed by atoms with Crippen LogP contribution in [0.1, 0.15) is 102 Å². The molecule has 5 rings (SSSR count). The third kappa shape index (κ3) is 5.85. The SMILES string of the molecule is CC(OC1CCCCC1)c1nc2c3c(ccc2n1C1CCC(C(=O)O)CC1)N(C=O)C(C)CC3.COC. The summed E-state index contributed by atoms with van der Waals surface area (Å²) in [5.41, 5.74) is 4.18. The number of carboxylic acid groups (broad SMARTS) is 1. The lowest BCUT2D eigenvalue weighted by Gasteiger charge is -2.33. The summed E-state index contributed by atoms with van der Waals surface area (Å²) in [6, 6.07) is 4.58. The maximum absolute atomic E-state index is 11.8. The van der Waals surface area contributed by atoms with E-state index in [9.17, 15) is 14.7 Å². The van der Waals surface area contributed by atoms with Crippen LogP contribution in [0.3, 0.4) is 0 Å². The predicted octanol–water partition coefficient (Wildman–Crippen LogP) is 5.82. The van der Waals surface area contributed by atoms with Crippen LogP contribution < -0.4 is 4.90 Å². The van der Waals surface area contributed by atoms with E-state index >= 15 is 0 Å². The maximum atomic E-state index is 11.8. The summed E-state index contributed by atoms with van der Waals surface area (Å²) in [4.78, 5) is 30.4. The lowest BCUT2D eigenvalue weighted by atomic mass is 9.85. The molecule has 0 spiro atoms. The van der Waals surface area contributed by atoms with E-state index in [0.717, 1.165) is 73.0 Å². The van der Waals surface area contributed by atoms with Gasteiger partial charge in [-0.1, -0.05) is 19.3 Å². The van der Waals surface area contributed by atoms with Gasteiger partial charge in [-0.05, 0) is 77.3 Å². The monoisotopic (exact) mass is 513 g/mol. The third-order valence-corrected chi connectivity index (χ3v) is 8.37. The molecule has 0 radical (unpaired) electrons. The Hall–Kier alpha value is -2.45. The Morgan fingerprint density at radius 1 is 1.08 bits per heavy atom. The Bertz CT molecular complexity index is 1070. The number of carboxylic acids is 1. The minimum atomic E-state index is -0.680. The van der Waals surface area contributed by atoms with Crippen LogP contribution in [0.5, 0.6) is 0 Å². The van der Waals surface area contributed by atoms with Gasteiger partial charge in [-0.15, -0.1) is 0 Å². The normalized spacial score (nSPS) is 25.2. The number of anilines is 1. The number of carbonyl (C=O) groups excluding carboxylic acids is 1. The lowest BCUT2D eigenvalue weighted by Crippen LogP contribution is -2.36. The van der Waals surface area contributed by atoms with Crippen LogP contribution in [0.15, 0.2) is 12.1 Å². The largest absolute Gasteiger partial charge is 0.481 e. The predicted molar refractivity (Wildman–Crippen MR) is 144 cm³/mol. The van der Waals surface area contributed by atoms with Crippen LogP contribution >= 0.6 is 0 Å². The molecule has 1 aliphatic heterocycles. The fourth-order valence-electron chi connectivity index (χ4n) is 6.41. The Morgan fingerprint density at radius 2 is 1.76 bits per heavy atom. The number of carbonyl (C=O) groups is 2. The number of amides is 1. The summed E-state index contributed by atoms with van der Waals surface area (Å²) in [5.74, 6) is 0.0186. The standard InChI is InChI=1S/C27H37N3O4.C2H6O/c1-17-8-13-22-23(29(17)16-31)14-15-24-25(22)28-26(18(2)34-21-6-4-3-5-7-21)30(24)20-11-9-19(10-12-20)27(32)33;1-3-2/h14-21H,3-13H2,1-2H3,(H,32,33);1-2H3. The average Bonchev–Trinajstić information content (AvgIpc) is 3.30. The van der Waals surface area contributed by atoms with Crippen LogP contribution in [-0.2, 0) is 25.5 Å². The van der Waals surface area contributed by atoms with Crippen LogP contribution in [0.4, 0.5) is 5.69 Å². The molecule has 2 fully saturated rings. The second kappa shape index (κ2) is 12.4. The first-order valence-corrected chi connectivity index (χ1v) is 13.9. The third-order valence-electron chi connectivity index (χ3n) is 8.37. The number of methoxy groups -OCH3 is 1. The molecule has 204 valence electrons. The number of aliphatic carboxylic acids is 1. The first-order valence-electron chi connectivity index (χ1n) is 13.9. The van der Waals surface area contributed by atoms with Gasteiger partial charge in [0.15, 0.2) is 0 Å². The number of imidazole rings is 1. The van der Waals surface area contributed by atoms with Crippen molar-refractivity contribution in [2.45, 2.75) is 109 Å². The van der Waals surface area contributed by atoms with Gasteiger partial charge in [0, 0.05) is 37.6 Å². The first kappa shape index (κ1) is 27.6. The van der Waals surface area contributed by atoms with Crippen LogP contribution in [-0.4, -0.2) is 53.4 Å². The number of hydrogen-bond donors (Lipinski definition) is 1. The Kier molecular flexibility index (Phi) is 9.24. The molecule has 2 saturated carbocycles. The fraction of sp³-hybridized carbons (Fsp3) is 0.690. The van der Waals surface area contributed by atoms with Gasteiger partial charge in [0.05, 0.1) is 23.1 Å². The van der Waals surface area contributed by atoms with E-state index in [1.165, 1.54) is 19.3 Å². The highest BCUT2D eigenvalue weighted by Crippen LogP contribution is 2.41. The van der Waals surface area contributed by atoms with Gasteiger partial charge >= 0.3 is 5.97 Å². The van der Waals surface area contributed by atoms with Gasteiger partial charge in [0.2, 0.25) is 6.41 Å². The second-order valence-electron chi connectivity index (χ2n) is 11.0. The van der Waals surface area contributed by atoms with E-state index in [4.69, 9.17) is 9.72 Å². The van der Waals surface area contributed by atoms with Gasteiger partial charge in [-0.25, -0.2) is 4.98 Å². The molecular weight excluding hydrogens is 470 g/mol. The quantitative estimate of drug-likeness (QED) is 0.489. The van der Waals surface area contributed by atoms with Crippen LogP contribution in [0.2, 0.25) is 0 Å². The molecule has 2 aliphatic carbocycles. The van der Waals surface area contributed by atoms with Gasteiger partial charge in [-0.3, -0.25) is 9.59 Å². The van der Waals surface area contributed by atoms with Gasteiger partial charge in [0.25, 0.3) is 0 Å². The molecule has 2 aromatic rings. The molecule has 8 heteroatoms. The van der Waals surface area contributed by atoms with Gasteiger partial charge in [-0.2, -0.15) is 0 Å². The molecule has 8 nitrogen and oxygen atoms in total. The van der Waals surface area contributed by atoms with E-state index in [0.29, 0.717) is 12.8 Å². The summed E-state index contributed by atoms with van der Waals surface area (Å²) < 4.78 is 13.2. The number of ether oxygens (including phenoxy) is 2. The number of nitrogens with zero attached hydrogens (tertiary/aromatic N) is 3. The smallest absolute Gasteiger partial charge is 0.306 e. The van der Waals surface area contributed by atoms with E-state index < -0.39 is 5.97 Å². The number of hydrogen-bond acceptors (Lipinski definition) is 5. The van der Waals surface area contributed by atoms with Gasteiger partial charge < -0.3 is 24.0 Å². The average molecular weight is 514 g/mol. The zero-order chi connectivity index (χ0) is 26.5. The molecule has 0 saturated heterocycles. The Morgan fingerprint density at radius 3 is 2.38 bits per heavy atom. The molecule has 2 heterocycles. The summed E-state index contributed by atoms with van der Waals surface area (Å²) >= 11 is 0. The van der Waals surface area contributed by atoms with Crippen molar-refractivity contribution in [2.75, 3.05) is 19.1 Å². The summed E-state index contributed by atoms with van der Waals surface area (Å²) in [6.45, 7) is 4.20. The summed E-state index contributed by atoms with van der Waals surface area (Å²) in [7, 11) is 3.25. The molecule has 0 bridgehead atoms. The highest BCUT2D eigenvalue weighted by Gasteiger charge is 2.33. The van der Waals surface area contributed by atoms with Crippen molar-refractivity contribution < 1.29 is 24.2 Å². The van der Waals surface area contributed by atoms with Crippen molar-refractivity contribution in [3.8, 4) is 0 Å². The molecule has 3 aliphatic rings. The van der Waals surface area contributed by atoms with Gasteiger partial charge in [0.1, 0.15) is 11.9 Å². The number of aryl methyl sites for hydroxylation is 1. The van der Waals surface area contributed by atoms with E-state index in [2.05, 4.69) is 35.3 Å². The zero-order valence-corrected chi connectivity index (χ0v) is 22.8. The van der Waals surface area contributed by atoms with Crippen LogP contribution in [0.25, 0.3) is 11.0 Å². The van der Waals surface area contributed by atoms with Crippen molar-refractivity contribution in [2.24, 2.45) is 5.92 Å². The van der Waals surface area contributed by atoms with E-state index in [1.807, 2.05) is 4.90 Å². The molecule has 2 unspecified atom stereocenters. The Labute approximate surface area is 220 Å². The van der Waals surface area contributed by atoms with Crippen LogP contribution in [0, 0.1) is 5.92 Å². The molecule has 2 atom stereocenters. The van der Waals surface area contributed by atoms with Crippen molar-refractivity contribution in [1.82, 2.24) is 9.55 Å². The first-order chi connectivity index (χ1) is 17.9. The minimum Gasteiger partial charge on any atom is -0.481 e. The van der Waals surface area contributed by atoms with Crippen molar-refractivity contribution in [3.05, 3.63) is 23.5 Å². The highest BCUT2D eigenvalue weighted by atomic mass is 16.5. The Balaban J connectivity index is 0.00000102. The van der Waals surface area contributed by atoms with E-state index in [1.54, 1.807) is 14.2 Å². The number of benzene rings is 1. The van der Waals surface area contributed by atoms with Crippen molar-refractivity contribution in [3.63, 3.8) is 0 Å². The molecule has 1 aromatic carbocycles. The van der Waals surface area contributed by atoms with Crippen molar-refractivity contribution in [1.29, 1.82) is 0 Å². The maximum Gasteiger partial charge on any atom is 0.306 e.